The lowest BCUT2D eigenvalue weighted by molar-refractivity contribution is 1.14. The Morgan fingerprint density at radius 1 is 0.257 bits per heavy atom. The molecule has 0 saturated carbocycles. The molecular weight excluding hydrogens is 853 g/mol. The number of nitrogens with zero attached hydrogens (tertiary/aromatic N) is 6. The first-order chi connectivity index (χ1) is 34.5. The van der Waals surface area contributed by atoms with E-state index in [1.54, 1.807) is 24.3 Å². The zero-order chi connectivity index (χ0) is 47.3. The topological polar surface area (TPSA) is 105 Å². The number of fused-ring (bicyclic) bond motifs is 6. The van der Waals surface area contributed by atoms with Gasteiger partial charge in [0, 0.05) is 32.7 Å². The zero-order valence-electron chi connectivity index (χ0n) is 37.5. The molecule has 70 heavy (non-hydrogen) atoms. The monoisotopic (exact) mass is 888 g/mol. The van der Waals surface area contributed by atoms with Gasteiger partial charge in [-0.2, -0.15) is 21.0 Å². The van der Waals surface area contributed by atoms with Gasteiger partial charge in [0.1, 0.15) is 12.1 Å². The van der Waals surface area contributed by atoms with Crippen molar-refractivity contribution < 1.29 is 0 Å². The fourth-order valence-corrected chi connectivity index (χ4v) is 10.2. The van der Waals surface area contributed by atoms with Gasteiger partial charge in [-0.25, -0.2) is 0 Å². The Bertz CT molecular complexity index is 3780. The molecule has 0 spiro atoms. The summed E-state index contributed by atoms with van der Waals surface area (Å²) in [5.41, 5.74) is 15.0. The second-order valence-corrected chi connectivity index (χ2v) is 17.3. The normalized spacial score (nSPS) is 11.1. The van der Waals surface area contributed by atoms with Crippen molar-refractivity contribution >= 4 is 43.6 Å². The van der Waals surface area contributed by atoms with Crippen molar-refractivity contribution in [3.8, 4) is 91.3 Å². The Hall–Kier alpha value is -10.2. The van der Waals surface area contributed by atoms with Crippen LogP contribution in [0.4, 0.5) is 0 Å². The summed E-state index contributed by atoms with van der Waals surface area (Å²) in [5, 5.41) is 47.7. The minimum Gasteiger partial charge on any atom is -0.307 e. The number of hydrogen-bond donors (Lipinski definition) is 0. The average molecular weight is 889 g/mol. The molecule has 2 heterocycles. The van der Waals surface area contributed by atoms with Crippen molar-refractivity contribution in [2.45, 2.75) is 0 Å². The first-order valence-corrected chi connectivity index (χ1v) is 22.9. The highest BCUT2D eigenvalue weighted by Crippen LogP contribution is 2.46. The molecule has 0 atom stereocenters. The summed E-state index contributed by atoms with van der Waals surface area (Å²) in [6, 6.07) is 83.1. The van der Waals surface area contributed by atoms with Gasteiger partial charge in [-0.15, -0.1) is 0 Å². The second kappa shape index (κ2) is 16.9. The minimum atomic E-state index is 0.265. The molecule has 12 rings (SSSR count). The molecule has 0 aliphatic rings. The number of hydrogen-bond acceptors (Lipinski definition) is 4. The van der Waals surface area contributed by atoms with Crippen molar-refractivity contribution in [3.05, 3.63) is 241 Å². The first kappa shape index (κ1) is 41.2. The molecule has 0 N–H and O–H groups in total. The third-order valence-electron chi connectivity index (χ3n) is 13.4. The van der Waals surface area contributed by atoms with E-state index in [4.69, 9.17) is 0 Å². The predicted octanol–water partition coefficient (Wildman–Crippen LogP) is 15.7. The van der Waals surface area contributed by atoms with E-state index in [2.05, 4.69) is 155 Å². The lowest BCUT2D eigenvalue weighted by atomic mass is 9.92. The summed E-state index contributed by atoms with van der Waals surface area (Å²) < 4.78 is 4.23. The fourth-order valence-electron chi connectivity index (χ4n) is 10.2. The summed E-state index contributed by atoms with van der Waals surface area (Å²) in [6.45, 7) is 0. The van der Waals surface area contributed by atoms with Crippen molar-refractivity contribution in [1.29, 1.82) is 21.0 Å². The molecule has 12 aromatic rings. The summed E-state index contributed by atoms with van der Waals surface area (Å²) >= 11 is 0. The van der Waals surface area contributed by atoms with E-state index in [1.165, 1.54) is 0 Å². The fraction of sp³-hybridized carbons (Fsp3) is 0. The van der Waals surface area contributed by atoms with Crippen LogP contribution < -0.4 is 0 Å². The Labute approximate surface area is 403 Å². The summed E-state index contributed by atoms with van der Waals surface area (Å²) in [6.07, 6.45) is 0. The summed E-state index contributed by atoms with van der Waals surface area (Å²) in [7, 11) is 0. The van der Waals surface area contributed by atoms with Gasteiger partial charge >= 0.3 is 0 Å². The average Bonchev–Trinajstić information content (AvgIpc) is 3.93. The second-order valence-electron chi connectivity index (χ2n) is 17.3. The van der Waals surface area contributed by atoms with Gasteiger partial charge in [0.15, 0.2) is 0 Å². The number of aromatic nitrogens is 2. The van der Waals surface area contributed by atoms with Gasteiger partial charge in [-0.3, -0.25) is 0 Å². The van der Waals surface area contributed by atoms with Crippen LogP contribution in [0.3, 0.4) is 0 Å². The molecule has 0 radical (unpaired) electrons. The largest absolute Gasteiger partial charge is 0.307 e. The minimum absolute atomic E-state index is 0.265. The van der Waals surface area contributed by atoms with Crippen LogP contribution in [0.25, 0.3) is 111 Å². The molecular formula is C64H36N6. The lowest BCUT2D eigenvalue weighted by Crippen LogP contribution is -2.06. The Balaban J connectivity index is 1.20. The Morgan fingerprint density at radius 3 is 0.771 bits per heavy atom. The van der Waals surface area contributed by atoms with E-state index < -0.39 is 0 Å². The quantitative estimate of drug-likeness (QED) is 0.159. The van der Waals surface area contributed by atoms with Gasteiger partial charge < -0.3 is 9.13 Å². The number of nitriles is 4. The SMILES string of the molecule is N#Cc1cc(C#N)c(-n2c3ccc(-c4ccccc4)cc3c3cc(-c4ccccc4)ccc32)c(-c2cc(C#N)cc(C#N)c2-n2c3ccc(-c4ccccc4)cc3c3cc(-c4ccccc4)ccc32)c1. The lowest BCUT2D eigenvalue weighted by Gasteiger charge is -2.21. The smallest absolute Gasteiger partial charge is 0.101 e. The van der Waals surface area contributed by atoms with Crippen molar-refractivity contribution in [3.63, 3.8) is 0 Å². The molecule has 0 unspecified atom stereocenters. The van der Waals surface area contributed by atoms with Crippen molar-refractivity contribution in [2.75, 3.05) is 0 Å². The molecule has 0 amide bonds. The maximum Gasteiger partial charge on any atom is 0.101 e. The third-order valence-corrected chi connectivity index (χ3v) is 13.4. The summed E-state index contributed by atoms with van der Waals surface area (Å²) in [5.74, 6) is 0. The molecule has 0 saturated heterocycles. The van der Waals surface area contributed by atoms with Crippen LogP contribution in [-0.2, 0) is 0 Å². The Kier molecular flexibility index (Phi) is 9.94. The van der Waals surface area contributed by atoms with Crippen LogP contribution in [0.2, 0.25) is 0 Å². The standard InChI is InChI=1S/C64H36N6/c65-37-41-29-51(39-67)63(69-59-25-21-47(43-13-5-1-6-14-43)33-53(59)54-34-48(22-26-60(54)69)44-15-7-2-8-16-44)57(31-41)58-32-42(38-66)30-52(40-68)64(58)70-61-27-23-49(45-17-9-3-10-18-45)35-55(61)56-36-50(24-28-62(56)70)46-19-11-4-12-20-46/h1-36H. The molecule has 0 fully saturated rings. The van der Waals surface area contributed by atoms with Gasteiger partial charge in [0.25, 0.3) is 0 Å². The zero-order valence-corrected chi connectivity index (χ0v) is 37.5. The van der Waals surface area contributed by atoms with Crippen LogP contribution in [0, 0.1) is 45.3 Å². The van der Waals surface area contributed by atoms with Gasteiger partial charge in [0.2, 0.25) is 0 Å². The maximum absolute atomic E-state index is 11.2. The maximum atomic E-state index is 11.2. The van der Waals surface area contributed by atoms with Crippen molar-refractivity contribution in [2.24, 2.45) is 0 Å². The molecule has 6 heteroatoms. The van der Waals surface area contributed by atoms with E-state index in [0.29, 0.717) is 22.5 Å². The molecule has 6 nitrogen and oxygen atoms in total. The highest BCUT2D eigenvalue weighted by Gasteiger charge is 2.27. The van der Waals surface area contributed by atoms with E-state index in [9.17, 15) is 21.0 Å². The van der Waals surface area contributed by atoms with E-state index in [-0.39, 0.29) is 22.3 Å². The number of benzene rings is 10. The third kappa shape index (κ3) is 6.77. The van der Waals surface area contributed by atoms with Crippen molar-refractivity contribution in [1.82, 2.24) is 9.13 Å². The molecule has 10 aromatic carbocycles. The van der Waals surface area contributed by atoms with Crippen LogP contribution in [-0.4, -0.2) is 9.13 Å². The summed E-state index contributed by atoms with van der Waals surface area (Å²) in [4.78, 5) is 0. The highest BCUT2D eigenvalue weighted by molar-refractivity contribution is 6.14. The van der Waals surface area contributed by atoms with Gasteiger partial charge in [-0.05, 0) is 117 Å². The molecule has 0 aliphatic carbocycles. The van der Waals surface area contributed by atoms with Crippen LogP contribution in [0.1, 0.15) is 22.3 Å². The number of rotatable bonds is 7. The Morgan fingerprint density at radius 2 is 0.529 bits per heavy atom. The van der Waals surface area contributed by atoms with Crippen LogP contribution in [0.5, 0.6) is 0 Å². The molecule has 2 aromatic heterocycles. The predicted molar refractivity (Wildman–Crippen MR) is 281 cm³/mol. The van der Waals surface area contributed by atoms with E-state index in [1.807, 2.05) is 72.8 Å². The highest BCUT2D eigenvalue weighted by atomic mass is 15.0. The van der Waals surface area contributed by atoms with Gasteiger partial charge in [-0.1, -0.05) is 146 Å². The molecule has 0 bridgehead atoms. The molecule has 322 valence electrons. The van der Waals surface area contributed by atoms with Crippen LogP contribution in [0.15, 0.2) is 218 Å². The van der Waals surface area contributed by atoms with E-state index in [0.717, 1.165) is 88.1 Å². The van der Waals surface area contributed by atoms with E-state index >= 15 is 0 Å². The van der Waals surface area contributed by atoms with Gasteiger partial charge in [0.05, 0.1) is 67.8 Å². The molecule has 0 aliphatic heterocycles. The van der Waals surface area contributed by atoms with Crippen LogP contribution >= 0.6 is 0 Å². The first-order valence-electron chi connectivity index (χ1n) is 22.9.